The highest BCUT2D eigenvalue weighted by Crippen LogP contribution is 2.26. The van der Waals surface area contributed by atoms with Crippen LogP contribution in [0.25, 0.3) is 0 Å². The van der Waals surface area contributed by atoms with Crippen molar-refractivity contribution in [3.8, 4) is 0 Å². The van der Waals surface area contributed by atoms with E-state index in [0.717, 1.165) is 35.0 Å². The zero-order valence-electron chi connectivity index (χ0n) is 14.3. The molecule has 2 aromatic heterocycles. The highest BCUT2D eigenvalue weighted by Gasteiger charge is 2.07. The van der Waals surface area contributed by atoms with Gasteiger partial charge in [-0.2, -0.15) is 0 Å². The van der Waals surface area contributed by atoms with Gasteiger partial charge in [-0.25, -0.2) is 19.9 Å². The van der Waals surface area contributed by atoms with Crippen molar-refractivity contribution in [3.05, 3.63) is 58.9 Å². The first-order valence-corrected chi connectivity index (χ1v) is 8.38. The SMILES string of the molecule is CCc1ccc(Nc2cc(C)ncn2)cc1Nc1cc(C)nc(Cl)n1. The van der Waals surface area contributed by atoms with Crippen molar-refractivity contribution in [1.82, 2.24) is 19.9 Å². The molecule has 0 aliphatic rings. The molecule has 3 rings (SSSR count). The van der Waals surface area contributed by atoms with Crippen LogP contribution in [0, 0.1) is 13.8 Å². The molecular weight excluding hydrogens is 336 g/mol. The lowest BCUT2D eigenvalue weighted by molar-refractivity contribution is 1.09. The molecule has 0 fully saturated rings. The first kappa shape index (κ1) is 17.1. The van der Waals surface area contributed by atoms with E-state index in [4.69, 9.17) is 11.6 Å². The van der Waals surface area contributed by atoms with Crippen molar-refractivity contribution in [2.24, 2.45) is 0 Å². The maximum Gasteiger partial charge on any atom is 0.224 e. The molecule has 6 nitrogen and oxygen atoms in total. The molecule has 128 valence electrons. The quantitative estimate of drug-likeness (QED) is 0.653. The van der Waals surface area contributed by atoms with E-state index < -0.39 is 0 Å². The van der Waals surface area contributed by atoms with Crippen molar-refractivity contribution in [2.45, 2.75) is 27.2 Å². The smallest absolute Gasteiger partial charge is 0.224 e. The van der Waals surface area contributed by atoms with Gasteiger partial charge in [-0.05, 0) is 49.6 Å². The fourth-order valence-corrected chi connectivity index (χ4v) is 2.71. The monoisotopic (exact) mass is 354 g/mol. The maximum absolute atomic E-state index is 5.95. The van der Waals surface area contributed by atoms with Gasteiger partial charge in [-0.3, -0.25) is 0 Å². The molecule has 0 saturated carbocycles. The summed E-state index contributed by atoms with van der Waals surface area (Å²) in [6, 6.07) is 9.89. The summed E-state index contributed by atoms with van der Waals surface area (Å²) in [5.74, 6) is 1.42. The predicted octanol–water partition coefficient (Wildman–Crippen LogP) is 4.59. The van der Waals surface area contributed by atoms with Gasteiger partial charge in [0.1, 0.15) is 18.0 Å². The van der Waals surface area contributed by atoms with E-state index in [1.165, 1.54) is 5.56 Å². The molecule has 0 unspecified atom stereocenters. The summed E-state index contributed by atoms with van der Waals surface area (Å²) >= 11 is 5.95. The van der Waals surface area contributed by atoms with Gasteiger partial charge in [0.15, 0.2) is 0 Å². The van der Waals surface area contributed by atoms with E-state index in [1.807, 2.05) is 38.1 Å². The molecule has 0 radical (unpaired) electrons. The second kappa shape index (κ2) is 7.44. The molecule has 3 aromatic rings. The Kier molecular flexibility index (Phi) is 5.09. The lowest BCUT2D eigenvalue weighted by Gasteiger charge is -2.14. The minimum Gasteiger partial charge on any atom is -0.340 e. The van der Waals surface area contributed by atoms with Crippen LogP contribution in [0.1, 0.15) is 23.9 Å². The molecule has 2 heterocycles. The van der Waals surface area contributed by atoms with Crippen LogP contribution in [0.5, 0.6) is 0 Å². The van der Waals surface area contributed by atoms with Gasteiger partial charge in [0, 0.05) is 34.9 Å². The Morgan fingerprint density at radius 2 is 1.72 bits per heavy atom. The number of hydrogen-bond acceptors (Lipinski definition) is 6. The highest BCUT2D eigenvalue weighted by molar-refractivity contribution is 6.28. The fraction of sp³-hybridized carbons (Fsp3) is 0.222. The van der Waals surface area contributed by atoms with Crippen molar-refractivity contribution in [2.75, 3.05) is 10.6 Å². The maximum atomic E-state index is 5.95. The van der Waals surface area contributed by atoms with E-state index in [-0.39, 0.29) is 5.28 Å². The van der Waals surface area contributed by atoms with Gasteiger partial charge < -0.3 is 10.6 Å². The van der Waals surface area contributed by atoms with E-state index >= 15 is 0 Å². The van der Waals surface area contributed by atoms with Gasteiger partial charge in [0.05, 0.1) is 0 Å². The Balaban J connectivity index is 1.89. The number of benzene rings is 1. The van der Waals surface area contributed by atoms with E-state index in [9.17, 15) is 0 Å². The van der Waals surface area contributed by atoms with Crippen molar-refractivity contribution in [1.29, 1.82) is 0 Å². The summed E-state index contributed by atoms with van der Waals surface area (Å²) in [4.78, 5) is 16.7. The van der Waals surface area contributed by atoms with Gasteiger partial charge in [0.2, 0.25) is 5.28 Å². The number of hydrogen-bond donors (Lipinski definition) is 2. The largest absolute Gasteiger partial charge is 0.340 e. The molecule has 0 aliphatic heterocycles. The van der Waals surface area contributed by atoms with E-state index in [2.05, 4.69) is 43.6 Å². The summed E-state index contributed by atoms with van der Waals surface area (Å²) < 4.78 is 0. The van der Waals surface area contributed by atoms with Crippen LogP contribution in [0.15, 0.2) is 36.7 Å². The number of aryl methyl sites for hydroxylation is 3. The molecule has 7 heteroatoms. The second-order valence-electron chi connectivity index (χ2n) is 5.68. The third-order valence-electron chi connectivity index (χ3n) is 3.66. The molecule has 1 aromatic carbocycles. The Morgan fingerprint density at radius 3 is 2.44 bits per heavy atom. The average molecular weight is 355 g/mol. The summed E-state index contributed by atoms with van der Waals surface area (Å²) in [6.45, 7) is 5.93. The Labute approximate surface area is 151 Å². The lowest BCUT2D eigenvalue weighted by atomic mass is 10.1. The third-order valence-corrected chi connectivity index (χ3v) is 3.83. The molecule has 0 bridgehead atoms. The van der Waals surface area contributed by atoms with Crippen LogP contribution < -0.4 is 10.6 Å². The minimum atomic E-state index is 0.228. The number of nitrogens with zero attached hydrogens (tertiary/aromatic N) is 4. The van der Waals surface area contributed by atoms with Crippen LogP contribution >= 0.6 is 11.6 Å². The van der Waals surface area contributed by atoms with Gasteiger partial charge in [0.25, 0.3) is 0 Å². The first-order chi connectivity index (χ1) is 12.0. The molecule has 0 spiro atoms. The summed E-state index contributed by atoms with van der Waals surface area (Å²) in [5, 5.41) is 6.86. The fourth-order valence-electron chi connectivity index (χ4n) is 2.48. The Bertz CT molecular complexity index is 876. The van der Waals surface area contributed by atoms with Gasteiger partial charge >= 0.3 is 0 Å². The zero-order chi connectivity index (χ0) is 17.8. The van der Waals surface area contributed by atoms with Gasteiger partial charge in [-0.15, -0.1) is 0 Å². The van der Waals surface area contributed by atoms with Crippen LogP contribution in [-0.2, 0) is 6.42 Å². The molecule has 0 amide bonds. The number of anilines is 4. The summed E-state index contributed by atoms with van der Waals surface area (Å²) in [7, 11) is 0. The average Bonchev–Trinajstić information content (AvgIpc) is 2.54. The molecule has 25 heavy (non-hydrogen) atoms. The standard InChI is InChI=1S/C18H19ClN6/c1-4-13-5-6-14(23-16-7-11(2)20-10-21-16)9-15(13)24-17-8-12(3)22-18(19)25-17/h5-10H,4H2,1-3H3,(H,20,21,23)(H,22,24,25). The zero-order valence-corrected chi connectivity index (χ0v) is 15.1. The van der Waals surface area contributed by atoms with Crippen molar-refractivity contribution < 1.29 is 0 Å². The lowest BCUT2D eigenvalue weighted by Crippen LogP contribution is -2.01. The molecule has 0 atom stereocenters. The summed E-state index contributed by atoms with van der Waals surface area (Å²) in [5.41, 5.74) is 4.79. The second-order valence-corrected chi connectivity index (χ2v) is 6.02. The topological polar surface area (TPSA) is 75.6 Å². The van der Waals surface area contributed by atoms with Crippen LogP contribution in [-0.4, -0.2) is 19.9 Å². The number of aromatic nitrogens is 4. The Hall–Kier alpha value is -2.73. The predicted molar refractivity (Wildman–Crippen MR) is 101 cm³/mol. The molecular formula is C18H19ClN6. The van der Waals surface area contributed by atoms with Crippen LogP contribution in [0.4, 0.5) is 23.0 Å². The van der Waals surface area contributed by atoms with Crippen LogP contribution in [0.2, 0.25) is 5.28 Å². The van der Waals surface area contributed by atoms with Gasteiger partial charge in [-0.1, -0.05) is 13.0 Å². The number of rotatable bonds is 5. The number of halogens is 1. The normalized spacial score (nSPS) is 10.6. The molecule has 2 N–H and O–H groups in total. The van der Waals surface area contributed by atoms with Crippen molar-refractivity contribution in [3.63, 3.8) is 0 Å². The first-order valence-electron chi connectivity index (χ1n) is 8.00. The molecule has 0 saturated heterocycles. The van der Waals surface area contributed by atoms with E-state index in [0.29, 0.717) is 5.82 Å². The van der Waals surface area contributed by atoms with Crippen molar-refractivity contribution >= 4 is 34.6 Å². The van der Waals surface area contributed by atoms with Crippen LogP contribution in [0.3, 0.4) is 0 Å². The number of nitrogens with one attached hydrogen (secondary N) is 2. The third kappa shape index (κ3) is 4.42. The summed E-state index contributed by atoms with van der Waals surface area (Å²) in [6.07, 6.45) is 2.44. The minimum absolute atomic E-state index is 0.228. The molecule has 0 aliphatic carbocycles. The Morgan fingerprint density at radius 1 is 0.920 bits per heavy atom. The highest BCUT2D eigenvalue weighted by atomic mass is 35.5. The van der Waals surface area contributed by atoms with E-state index in [1.54, 1.807) is 6.33 Å².